The van der Waals surface area contributed by atoms with E-state index in [-0.39, 0.29) is 17.7 Å². The zero-order valence-corrected chi connectivity index (χ0v) is 16.4. The Balaban J connectivity index is 1.53. The molecule has 1 aromatic carbocycles. The molecule has 0 bridgehead atoms. The van der Waals surface area contributed by atoms with Gasteiger partial charge in [-0.05, 0) is 70.1 Å². The van der Waals surface area contributed by atoms with Crippen molar-refractivity contribution < 1.29 is 9.59 Å². The van der Waals surface area contributed by atoms with Gasteiger partial charge in [-0.2, -0.15) is 0 Å². The highest BCUT2D eigenvalue weighted by Crippen LogP contribution is 2.29. The van der Waals surface area contributed by atoms with Crippen LogP contribution >= 0.6 is 11.6 Å². The van der Waals surface area contributed by atoms with Crippen molar-refractivity contribution >= 4 is 29.1 Å². The molecule has 0 spiro atoms. The van der Waals surface area contributed by atoms with Gasteiger partial charge < -0.3 is 14.7 Å². The van der Waals surface area contributed by atoms with Crippen molar-refractivity contribution in [2.45, 2.75) is 25.7 Å². The summed E-state index contributed by atoms with van der Waals surface area (Å²) in [6.45, 7) is 3.22. The number of anilines is 1. The maximum Gasteiger partial charge on any atom is 0.228 e. The van der Waals surface area contributed by atoms with Crippen molar-refractivity contribution in [1.82, 2.24) is 9.80 Å². The predicted molar refractivity (Wildman–Crippen MR) is 104 cm³/mol. The quantitative estimate of drug-likeness (QED) is 0.792. The highest BCUT2D eigenvalue weighted by atomic mass is 35.5. The third-order valence-electron chi connectivity index (χ3n) is 5.52. The zero-order chi connectivity index (χ0) is 18.7. The van der Waals surface area contributed by atoms with Gasteiger partial charge in [-0.15, -0.1) is 0 Å². The number of likely N-dealkylation sites (tertiary alicyclic amines) is 1. The lowest BCUT2D eigenvalue weighted by Crippen LogP contribution is -2.42. The molecule has 2 fully saturated rings. The summed E-state index contributed by atoms with van der Waals surface area (Å²) >= 11 is 5.92. The first kappa shape index (κ1) is 19.2. The smallest absolute Gasteiger partial charge is 0.228 e. The summed E-state index contributed by atoms with van der Waals surface area (Å²) in [5.41, 5.74) is 0.817. The second kappa shape index (κ2) is 8.40. The maximum atomic E-state index is 12.9. The van der Waals surface area contributed by atoms with Crippen LogP contribution in [-0.2, 0) is 9.59 Å². The number of halogens is 1. The second-order valence-corrected chi connectivity index (χ2v) is 8.18. The second-order valence-electron chi connectivity index (χ2n) is 7.74. The van der Waals surface area contributed by atoms with Crippen LogP contribution in [0.25, 0.3) is 0 Å². The fraction of sp³-hybridized carbons (Fsp3) is 0.600. The maximum absolute atomic E-state index is 12.9. The van der Waals surface area contributed by atoms with E-state index in [4.69, 9.17) is 11.6 Å². The topological polar surface area (TPSA) is 43.9 Å². The Morgan fingerprint density at radius 1 is 1.19 bits per heavy atom. The van der Waals surface area contributed by atoms with Crippen LogP contribution in [0.15, 0.2) is 24.3 Å². The van der Waals surface area contributed by atoms with Gasteiger partial charge in [0.05, 0.1) is 5.92 Å². The number of benzene rings is 1. The molecule has 2 aliphatic rings. The molecule has 2 saturated heterocycles. The number of carbonyl (C=O) groups is 2. The SMILES string of the molecule is CN(C)CCC1CCN(C(=O)[C@@H]2CC(=O)N(c3ccc(Cl)cc3)C2)CC1. The third-order valence-corrected chi connectivity index (χ3v) is 5.78. The van der Waals surface area contributed by atoms with Gasteiger partial charge in [0.15, 0.2) is 0 Å². The highest BCUT2D eigenvalue weighted by Gasteiger charge is 2.38. The number of hydrogen-bond donors (Lipinski definition) is 0. The minimum atomic E-state index is -0.225. The average molecular weight is 378 g/mol. The van der Waals surface area contributed by atoms with Gasteiger partial charge in [0.25, 0.3) is 0 Å². The molecule has 1 aromatic rings. The van der Waals surface area contributed by atoms with E-state index in [9.17, 15) is 9.59 Å². The molecular weight excluding hydrogens is 350 g/mol. The molecule has 3 rings (SSSR count). The zero-order valence-electron chi connectivity index (χ0n) is 15.7. The molecule has 0 unspecified atom stereocenters. The lowest BCUT2D eigenvalue weighted by Gasteiger charge is -2.34. The molecule has 0 aromatic heterocycles. The summed E-state index contributed by atoms with van der Waals surface area (Å²) < 4.78 is 0. The average Bonchev–Trinajstić information content (AvgIpc) is 3.02. The van der Waals surface area contributed by atoms with Gasteiger partial charge in [0.2, 0.25) is 11.8 Å². The van der Waals surface area contributed by atoms with Crippen LogP contribution in [0.1, 0.15) is 25.7 Å². The predicted octanol–water partition coefficient (Wildman–Crippen LogP) is 2.88. The van der Waals surface area contributed by atoms with E-state index in [1.54, 1.807) is 17.0 Å². The van der Waals surface area contributed by atoms with E-state index < -0.39 is 0 Å². The molecule has 142 valence electrons. The first-order valence-electron chi connectivity index (χ1n) is 9.43. The lowest BCUT2D eigenvalue weighted by atomic mass is 9.92. The van der Waals surface area contributed by atoms with Crippen LogP contribution in [0, 0.1) is 11.8 Å². The molecule has 0 saturated carbocycles. The van der Waals surface area contributed by atoms with Crippen molar-refractivity contribution in [2.24, 2.45) is 11.8 Å². The van der Waals surface area contributed by atoms with E-state index in [0.717, 1.165) is 38.2 Å². The number of nitrogens with zero attached hydrogens (tertiary/aromatic N) is 3. The van der Waals surface area contributed by atoms with Crippen molar-refractivity contribution in [2.75, 3.05) is 45.2 Å². The van der Waals surface area contributed by atoms with Gasteiger partial charge in [0.1, 0.15) is 0 Å². The summed E-state index contributed by atoms with van der Waals surface area (Å²) in [5, 5.41) is 0.644. The number of carbonyl (C=O) groups excluding carboxylic acids is 2. The van der Waals surface area contributed by atoms with E-state index in [0.29, 0.717) is 23.9 Å². The highest BCUT2D eigenvalue weighted by molar-refractivity contribution is 6.30. The Kier molecular flexibility index (Phi) is 6.20. The third kappa shape index (κ3) is 4.57. The first-order chi connectivity index (χ1) is 12.4. The number of hydrogen-bond acceptors (Lipinski definition) is 3. The number of amides is 2. The summed E-state index contributed by atoms with van der Waals surface area (Å²) in [5.74, 6) is 0.640. The summed E-state index contributed by atoms with van der Waals surface area (Å²) in [6, 6.07) is 7.22. The van der Waals surface area contributed by atoms with Crippen LogP contribution < -0.4 is 4.90 Å². The van der Waals surface area contributed by atoms with Crippen molar-refractivity contribution in [3.8, 4) is 0 Å². The van der Waals surface area contributed by atoms with E-state index in [1.165, 1.54) is 6.42 Å². The van der Waals surface area contributed by atoms with Gasteiger partial charge in [-0.1, -0.05) is 11.6 Å². The monoisotopic (exact) mass is 377 g/mol. The van der Waals surface area contributed by atoms with Crippen molar-refractivity contribution in [3.63, 3.8) is 0 Å². The minimum Gasteiger partial charge on any atom is -0.342 e. The largest absolute Gasteiger partial charge is 0.342 e. The standard InChI is InChI=1S/C20H28ClN3O2/c1-22(2)10-7-15-8-11-23(12-9-15)20(26)16-13-19(25)24(14-16)18-5-3-17(21)4-6-18/h3-6,15-16H,7-14H2,1-2H3/t16-/m1/s1. The molecular formula is C20H28ClN3O2. The fourth-order valence-corrected chi connectivity index (χ4v) is 4.01. The molecule has 5 nitrogen and oxygen atoms in total. The van der Waals surface area contributed by atoms with Crippen LogP contribution in [0.3, 0.4) is 0 Å². The molecule has 26 heavy (non-hydrogen) atoms. The Labute approximate surface area is 160 Å². The Morgan fingerprint density at radius 2 is 1.85 bits per heavy atom. The van der Waals surface area contributed by atoms with Crippen molar-refractivity contribution in [1.29, 1.82) is 0 Å². The number of piperidine rings is 1. The van der Waals surface area contributed by atoms with Crippen LogP contribution in [0.5, 0.6) is 0 Å². The van der Waals surface area contributed by atoms with E-state index in [1.807, 2.05) is 17.0 Å². The van der Waals surface area contributed by atoms with Crippen LogP contribution in [-0.4, -0.2) is 61.9 Å². The number of rotatable bonds is 5. The first-order valence-corrected chi connectivity index (χ1v) is 9.81. The molecule has 2 heterocycles. The van der Waals surface area contributed by atoms with Gasteiger partial charge in [0, 0.05) is 36.8 Å². The molecule has 6 heteroatoms. The molecule has 1 atom stereocenters. The fourth-order valence-electron chi connectivity index (χ4n) is 3.88. The van der Waals surface area contributed by atoms with Gasteiger partial charge in [-0.3, -0.25) is 9.59 Å². The Morgan fingerprint density at radius 3 is 2.46 bits per heavy atom. The molecule has 0 N–H and O–H groups in total. The molecule has 2 aliphatic heterocycles. The van der Waals surface area contributed by atoms with Gasteiger partial charge >= 0.3 is 0 Å². The van der Waals surface area contributed by atoms with E-state index in [2.05, 4.69) is 19.0 Å². The normalized spacial score (nSPS) is 21.7. The lowest BCUT2D eigenvalue weighted by molar-refractivity contribution is -0.137. The minimum absolute atomic E-state index is 0.0199. The Hall–Kier alpha value is -1.59. The molecule has 0 aliphatic carbocycles. The van der Waals surface area contributed by atoms with Gasteiger partial charge in [-0.25, -0.2) is 0 Å². The summed E-state index contributed by atoms with van der Waals surface area (Å²) in [7, 11) is 4.20. The summed E-state index contributed by atoms with van der Waals surface area (Å²) in [6.07, 6.45) is 3.64. The Bertz CT molecular complexity index is 639. The van der Waals surface area contributed by atoms with E-state index >= 15 is 0 Å². The molecule has 0 radical (unpaired) electrons. The molecule has 2 amide bonds. The van der Waals surface area contributed by atoms with Crippen molar-refractivity contribution in [3.05, 3.63) is 29.3 Å². The summed E-state index contributed by atoms with van der Waals surface area (Å²) in [4.78, 5) is 31.1. The van der Waals surface area contributed by atoms with Crippen LogP contribution in [0.2, 0.25) is 5.02 Å². The van der Waals surface area contributed by atoms with Crippen LogP contribution in [0.4, 0.5) is 5.69 Å².